The fraction of sp³-hybridized carbons (Fsp3) is 0.529. The molecule has 2 fully saturated rings. The van der Waals surface area contributed by atoms with E-state index in [0.29, 0.717) is 32.5 Å². The largest absolute Gasteiger partial charge is 0.487 e. The predicted octanol–water partition coefficient (Wildman–Crippen LogP) is 1.36. The fourth-order valence-electron chi connectivity index (χ4n) is 2.93. The number of nitrogens with zero attached hydrogens (tertiary/aromatic N) is 1. The lowest BCUT2D eigenvalue weighted by molar-refractivity contribution is -0.145. The molecule has 2 aliphatic heterocycles. The molecule has 3 rings (SSSR count). The van der Waals surface area contributed by atoms with Crippen LogP contribution in [-0.2, 0) is 16.0 Å². The molecular weight excluding hydrogens is 280 g/mol. The van der Waals surface area contributed by atoms with Crippen LogP contribution in [0.15, 0.2) is 24.3 Å². The van der Waals surface area contributed by atoms with Crippen molar-refractivity contribution in [1.82, 2.24) is 10.2 Å². The minimum Gasteiger partial charge on any atom is -0.487 e. The predicted molar refractivity (Wildman–Crippen MR) is 82.5 cm³/mol. The molecule has 1 aromatic rings. The molecule has 118 valence electrons. The first-order valence-electron chi connectivity index (χ1n) is 7.96. The van der Waals surface area contributed by atoms with Gasteiger partial charge in [0.25, 0.3) is 0 Å². The smallest absolute Gasteiger partial charge is 0.227 e. The number of carbonyl (C=O) groups excluding carboxylic acids is 2. The minimum atomic E-state index is -0.0675. The van der Waals surface area contributed by atoms with Crippen molar-refractivity contribution < 1.29 is 14.3 Å². The molecule has 0 spiro atoms. The number of piperidine rings is 1. The van der Waals surface area contributed by atoms with Gasteiger partial charge in [-0.1, -0.05) is 19.1 Å². The van der Waals surface area contributed by atoms with E-state index < -0.39 is 0 Å². The molecule has 22 heavy (non-hydrogen) atoms. The van der Waals surface area contributed by atoms with Crippen molar-refractivity contribution in [1.29, 1.82) is 0 Å². The van der Waals surface area contributed by atoms with Crippen LogP contribution in [0.4, 0.5) is 0 Å². The van der Waals surface area contributed by atoms with E-state index in [-0.39, 0.29) is 23.8 Å². The number of likely N-dealkylation sites (tertiary alicyclic amines) is 1. The van der Waals surface area contributed by atoms with Crippen LogP contribution < -0.4 is 10.1 Å². The van der Waals surface area contributed by atoms with E-state index >= 15 is 0 Å². The molecule has 5 heteroatoms. The number of hydrogen-bond acceptors (Lipinski definition) is 3. The second-order valence-electron chi connectivity index (χ2n) is 6.02. The second kappa shape index (κ2) is 6.38. The zero-order valence-electron chi connectivity index (χ0n) is 12.9. The Kier molecular flexibility index (Phi) is 4.32. The first-order chi connectivity index (χ1) is 10.7. The van der Waals surface area contributed by atoms with Gasteiger partial charge in [0.05, 0.1) is 19.0 Å². The number of aryl methyl sites for hydroxylation is 1. The third-order valence-corrected chi connectivity index (χ3v) is 4.38. The number of ether oxygens (including phenoxy) is 1. The van der Waals surface area contributed by atoms with E-state index in [9.17, 15) is 9.59 Å². The minimum absolute atomic E-state index is 0.0460. The van der Waals surface area contributed by atoms with Crippen LogP contribution in [0.5, 0.6) is 5.75 Å². The molecule has 1 atom stereocenters. The van der Waals surface area contributed by atoms with Gasteiger partial charge >= 0.3 is 0 Å². The second-order valence-corrected chi connectivity index (χ2v) is 6.02. The van der Waals surface area contributed by atoms with Crippen molar-refractivity contribution in [2.24, 2.45) is 5.92 Å². The maximum atomic E-state index is 12.3. The summed E-state index contributed by atoms with van der Waals surface area (Å²) in [7, 11) is 0. The number of hydrogen-bond donors (Lipinski definition) is 1. The van der Waals surface area contributed by atoms with Crippen molar-refractivity contribution >= 4 is 11.8 Å². The van der Waals surface area contributed by atoms with Gasteiger partial charge in [-0.3, -0.25) is 9.59 Å². The first kappa shape index (κ1) is 14.9. The highest BCUT2D eigenvalue weighted by molar-refractivity contribution is 5.84. The molecule has 2 aliphatic rings. The SMILES string of the molecule is CCc1cccc(OC2CN(C(=O)C3CCC(=O)NC3)C2)c1. The Morgan fingerprint density at radius 1 is 1.41 bits per heavy atom. The fourth-order valence-corrected chi connectivity index (χ4v) is 2.93. The van der Waals surface area contributed by atoms with Gasteiger partial charge in [0.2, 0.25) is 11.8 Å². The average molecular weight is 302 g/mol. The number of benzene rings is 1. The molecule has 2 heterocycles. The molecule has 5 nitrogen and oxygen atoms in total. The highest BCUT2D eigenvalue weighted by Gasteiger charge is 2.36. The number of carbonyl (C=O) groups is 2. The summed E-state index contributed by atoms with van der Waals surface area (Å²) in [6.45, 7) is 3.86. The van der Waals surface area contributed by atoms with Crippen LogP contribution in [0.25, 0.3) is 0 Å². The molecule has 0 bridgehead atoms. The van der Waals surface area contributed by atoms with Crippen molar-refractivity contribution in [3.05, 3.63) is 29.8 Å². The molecule has 1 aromatic carbocycles. The van der Waals surface area contributed by atoms with Gasteiger partial charge in [0.15, 0.2) is 0 Å². The van der Waals surface area contributed by atoms with Crippen LogP contribution in [-0.4, -0.2) is 42.5 Å². The normalized spacial score (nSPS) is 22.0. The molecule has 0 saturated carbocycles. The van der Waals surface area contributed by atoms with E-state index in [1.807, 2.05) is 17.0 Å². The Morgan fingerprint density at radius 2 is 2.23 bits per heavy atom. The summed E-state index contributed by atoms with van der Waals surface area (Å²) in [5, 5.41) is 2.76. The number of rotatable bonds is 4. The van der Waals surface area contributed by atoms with Crippen molar-refractivity contribution in [3.8, 4) is 5.75 Å². The number of amides is 2. The topological polar surface area (TPSA) is 58.6 Å². The zero-order chi connectivity index (χ0) is 15.5. The van der Waals surface area contributed by atoms with Gasteiger partial charge in [0, 0.05) is 13.0 Å². The molecule has 0 radical (unpaired) electrons. The molecule has 2 saturated heterocycles. The Balaban J connectivity index is 1.47. The van der Waals surface area contributed by atoms with Crippen molar-refractivity contribution in [2.75, 3.05) is 19.6 Å². The summed E-state index contributed by atoms with van der Waals surface area (Å²) >= 11 is 0. The van der Waals surface area contributed by atoms with Crippen LogP contribution in [0.1, 0.15) is 25.3 Å². The molecule has 0 aliphatic carbocycles. The standard InChI is InChI=1S/C17H22N2O3/c1-2-12-4-3-5-14(8-12)22-15-10-19(11-15)17(21)13-6-7-16(20)18-9-13/h3-5,8,13,15H,2,6-7,9-11H2,1H3,(H,18,20). The molecular formula is C17H22N2O3. The van der Waals surface area contributed by atoms with Gasteiger partial charge in [-0.2, -0.15) is 0 Å². The maximum Gasteiger partial charge on any atom is 0.227 e. The summed E-state index contributed by atoms with van der Waals surface area (Å²) in [5.41, 5.74) is 1.25. The lowest BCUT2D eigenvalue weighted by atomic mass is 9.96. The highest BCUT2D eigenvalue weighted by atomic mass is 16.5. The Labute approximate surface area is 130 Å². The van der Waals surface area contributed by atoms with Gasteiger partial charge in [-0.15, -0.1) is 0 Å². The molecule has 1 N–H and O–H groups in total. The van der Waals surface area contributed by atoms with Gasteiger partial charge < -0.3 is 15.0 Å². The summed E-state index contributed by atoms with van der Waals surface area (Å²) in [6, 6.07) is 8.10. The maximum absolute atomic E-state index is 12.3. The van der Waals surface area contributed by atoms with Gasteiger partial charge in [0.1, 0.15) is 11.9 Å². The third kappa shape index (κ3) is 3.24. The van der Waals surface area contributed by atoms with E-state index in [1.54, 1.807) is 0 Å². The lowest BCUT2D eigenvalue weighted by Crippen LogP contribution is -2.59. The van der Waals surface area contributed by atoms with Crippen molar-refractivity contribution in [2.45, 2.75) is 32.3 Å². The summed E-state index contributed by atoms with van der Waals surface area (Å²) in [6.07, 6.45) is 2.17. The average Bonchev–Trinajstić information content (AvgIpc) is 2.51. The third-order valence-electron chi connectivity index (χ3n) is 4.38. The Bertz CT molecular complexity index is 557. The van der Waals surface area contributed by atoms with Gasteiger partial charge in [-0.25, -0.2) is 0 Å². The monoisotopic (exact) mass is 302 g/mol. The summed E-state index contributed by atoms with van der Waals surface area (Å²) in [4.78, 5) is 25.3. The van der Waals surface area contributed by atoms with E-state index in [2.05, 4.69) is 24.4 Å². The van der Waals surface area contributed by atoms with Crippen molar-refractivity contribution in [3.63, 3.8) is 0 Å². The van der Waals surface area contributed by atoms with E-state index in [4.69, 9.17) is 4.74 Å². The van der Waals surface area contributed by atoms with Crippen LogP contribution in [0.2, 0.25) is 0 Å². The lowest BCUT2D eigenvalue weighted by Gasteiger charge is -2.41. The van der Waals surface area contributed by atoms with Crippen LogP contribution in [0, 0.1) is 5.92 Å². The summed E-state index contributed by atoms with van der Waals surface area (Å²) < 4.78 is 5.91. The quantitative estimate of drug-likeness (QED) is 0.914. The van der Waals surface area contributed by atoms with Crippen LogP contribution in [0.3, 0.4) is 0 Å². The van der Waals surface area contributed by atoms with E-state index in [1.165, 1.54) is 5.56 Å². The van der Waals surface area contributed by atoms with Gasteiger partial charge in [-0.05, 0) is 30.5 Å². The van der Waals surface area contributed by atoms with E-state index in [0.717, 1.165) is 12.2 Å². The Morgan fingerprint density at radius 3 is 2.91 bits per heavy atom. The highest BCUT2D eigenvalue weighted by Crippen LogP contribution is 2.22. The van der Waals surface area contributed by atoms with Crippen LogP contribution >= 0.6 is 0 Å². The first-order valence-corrected chi connectivity index (χ1v) is 7.96. The number of nitrogens with one attached hydrogen (secondary N) is 1. The Hall–Kier alpha value is -2.04. The summed E-state index contributed by atoms with van der Waals surface area (Å²) in [5.74, 6) is 0.996. The molecule has 1 unspecified atom stereocenters. The molecule has 0 aromatic heterocycles. The molecule has 2 amide bonds. The zero-order valence-corrected chi connectivity index (χ0v) is 12.9.